The molecule has 0 aliphatic carbocycles. The summed E-state index contributed by atoms with van der Waals surface area (Å²) in [7, 11) is 0. The van der Waals surface area contributed by atoms with Crippen LogP contribution in [0.5, 0.6) is 0 Å². The molecule has 1 N–H and O–H groups in total. The normalized spacial score (nSPS) is 11.1. The van der Waals surface area contributed by atoms with E-state index in [1.165, 1.54) is 6.08 Å². The number of hydrogen-bond acceptors (Lipinski definition) is 5. The molecule has 1 aromatic carbocycles. The van der Waals surface area contributed by atoms with E-state index in [0.29, 0.717) is 12.1 Å². The SMILES string of the molecule is C=CCN(C#N)c1nc(Cl)c(-c2c(F)cc(F)cc2F)c(NCC(F)(F)F)n1. The fraction of sp³-hybridized carbons (Fsp3) is 0.188. The first-order valence-corrected chi connectivity index (χ1v) is 7.76. The molecule has 0 aliphatic rings. The molecule has 0 bridgehead atoms. The first-order valence-electron chi connectivity index (χ1n) is 7.38. The van der Waals surface area contributed by atoms with Gasteiger partial charge < -0.3 is 5.32 Å². The lowest BCUT2D eigenvalue weighted by atomic mass is 10.1. The number of aromatic nitrogens is 2. The summed E-state index contributed by atoms with van der Waals surface area (Å²) < 4.78 is 79.3. The minimum atomic E-state index is -4.70. The van der Waals surface area contributed by atoms with E-state index in [9.17, 15) is 26.3 Å². The van der Waals surface area contributed by atoms with Gasteiger partial charge in [-0.15, -0.1) is 6.58 Å². The highest BCUT2D eigenvalue weighted by atomic mass is 35.5. The van der Waals surface area contributed by atoms with Gasteiger partial charge in [-0.05, 0) is 0 Å². The predicted octanol–water partition coefficient (Wildman–Crippen LogP) is 4.66. The molecule has 2 rings (SSSR count). The largest absolute Gasteiger partial charge is 0.405 e. The van der Waals surface area contributed by atoms with Crippen molar-refractivity contribution in [3.8, 4) is 17.3 Å². The number of nitrogens with one attached hydrogen (secondary N) is 1. The highest BCUT2D eigenvalue weighted by molar-refractivity contribution is 6.32. The minimum Gasteiger partial charge on any atom is -0.360 e. The Labute approximate surface area is 159 Å². The van der Waals surface area contributed by atoms with Crippen LogP contribution in [0.3, 0.4) is 0 Å². The van der Waals surface area contributed by atoms with Crippen LogP contribution < -0.4 is 10.2 Å². The topological polar surface area (TPSA) is 64.8 Å². The number of anilines is 2. The molecule has 0 radical (unpaired) electrons. The van der Waals surface area contributed by atoms with Crippen LogP contribution in [0, 0.1) is 28.9 Å². The molecule has 148 valence electrons. The lowest BCUT2D eigenvalue weighted by molar-refractivity contribution is -0.115. The van der Waals surface area contributed by atoms with E-state index in [-0.39, 0.29) is 6.54 Å². The van der Waals surface area contributed by atoms with E-state index in [0.717, 1.165) is 4.90 Å². The molecule has 0 saturated heterocycles. The highest BCUT2D eigenvalue weighted by Crippen LogP contribution is 2.38. The molecule has 0 atom stereocenters. The third kappa shape index (κ3) is 4.83. The molecule has 0 saturated carbocycles. The van der Waals surface area contributed by atoms with E-state index in [2.05, 4.69) is 16.5 Å². The van der Waals surface area contributed by atoms with Crippen molar-refractivity contribution in [1.82, 2.24) is 9.97 Å². The van der Waals surface area contributed by atoms with Gasteiger partial charge in [0.2, 0.25) is 5.95 Å². The Hall–Kier alpha value is -3.00. The van der Waals surface area contributed by atoms with Crippen LogP contribution >= 0.6 is 11.6 Å². The molecule has 1 aromatic heterocycles. The van der Waals surface area contributed by atoms with Crippen LogP contribution in [0.2, 0.25) is 5.15 Å². The standard InChI is InChI=1S/C16H10ClF6N5/c1-2-3-28(7-24)15-26-13(17)12(14(27-15)25-6-16(21,22)23)11-9(19)4-8(18)5-10(11)20/h2,4-5H,1,3,6H2,(H,25,26,27). The van der Waals surface area contributed by atoms with Gasteiger partial charge in [-0.25, -0.2) is 18.1 Å². The van der Waals surface area contributed by atoms with E-state index in [1.807, 2.05) is 5.32 Å². The summed E-state index contributed by atoms with van der Waals surface area (Å²) >= 11 is 5.94. The molecule has 0 spiro atoms. The maximum Gasteiger partial charge on any atom is 0.405 e. The second-order valence-corrected chi connectivity index (χ2v) is 5.61. The summed E-state index contributed by atoms with van der Waals surface area (Å²) in [4.78, 5) is 8.27. The second kappa shape index (κ2) is 8.35. The van der Waals surface area contributed by atoms with E-state index < -0.39 is 58.2 Å². The summed E-state index contributed by atoms with van der Waals surface area (Å²) in [5, 5.41) is 10.3. The quantitative estimate of drug-likeness (QED) is 0.241. The Kier molecular flexibility index (Phi) is 6.35. The average Bonchev–Trinajstić information content (AvgIpc) is 2.57. The van der Waals surface area contributed by atoms with Crippen LogP contribution in [-0.2, 0) is 0 Å². The summed E-state index contributed by atoms with van der Waals surface area (Å²) in [5.74, 6) is -5.20. The fourth-order valence-electron chi connectivity index (χ4n) is 2.15. The Morgan fingerprint density at radius 3 is 2.29 bits per heavy atom. The summed E-state index contributed by atoms with van der Waals surface area (Å²) in [5.41, 5.74) is -1.57. The van der Waals surface area contributed by atoms with Gasteiger partial charge in [-0.1, -0.05) is 17.7 Å². The maximum atomic E-state index is 14.2. The van der Waals surface area contributed by atoms with Crippen molar-refractivity contribution in [2.45, 2.75) is 6.18 Å². The lowest BCUT2D eigenvalue weighted by Gasteiger charge is -2.18. The third-order valence-electron chi connectivity index (χ3n) is 3.24. The average molecular weight is 422 g/mol. The zero-order valence-corrected chi connectivity index (χ0v) is 14.5. The monoisotopic (exact) mass is 421 g/mol. The number of hydrogen-bond donors (Lipinski definition) is 1. The van der Waals surface area contributed by atoms with Crippen molar-refractivity contribution in [3.63, 3.8) is 0 Å². The molecular weight excluding hydrogens is 412 g/mol. The van der Waals surface area contributed by atoms with E-state index >= 15 is 0 Å². The first kappa shape index (κ1) is 21.3. The second-order valence-electron chi connectivity index (χ2n) is 5.25. The molecule has 5 nitrogen and oxygen atoms in total. The smallest absolute Gasteiger partial charge is 0.360 e. The van der Waals surface area contributed by atoms with Gasteiger partial charge in [-0.3, -0.25) is 0 Å². The summed E-state index contributed by atoms with van der Waals surface area (Å²) in [6.07, 6.45) is -1.75. The predicted molar refractivity (Wildman–Crippen MR) is 90.1 cm³/mol. The van der Waals surface area contributed by atoms with Gasteiger partial charge in [0, 0.05) is 12.1 Å². The zero-order valence-electron chi connectivity index (χ0n) is 13.8. The lowest BCUT2D eigenvalue weighted by Crippen LogP contribution is -2.24. The third-order valence-corrected chi connectivity index (χ3v) is 3.51. The van der Waals surface area contributed by atoms with E-state index in [1.54, 1.807) is 6.19 Å². The molecule has 0 amide bonds. The van der Waals surface area contributed by atoms with Crippen molar-refractivity contribution in [2.75, 3.05) is 23.3 Å². The van der Waals surface area contributed by atoms with Crippen LogP contribution in [-0.4, -0.2) is 29.2 Å². The number of benzene rings is 1. The van der Waals surface area contributed by atoms with Crippen molar-refractivity contribution in [1.29, 1.82) is 5.26 Å². The first-order chi connectivity index (χ1) is 13.1. The van der Waals surface area contributed by atoms with Crippen molar-refractivity contribution in [3.05, 3.63) is 47.4 Å². The van der Waals surface area contributed by atoms with Gasteiger partial charge in [0.1, 0.15) is 35.0 Å². The van der Waals surface area contributed by atoms with Crippen LogP contribution in [0.1, 0.15) is 0 Å². The molecule has 0 unspecified atom stereocenters. The number of alkyl halides is 3. The molecule has 1 heterocycles. The van der Waals surface area contributed by atoms with Gasteiger partial charge in [0.25, 0.3) is 0 Å². The molecule has 0 fully saturated rings. The van der Waals surface area contributed by atoms with Crippen molar-refractivity contribution >= 4 is 23.4 Å². The van der Waals surface area contributed by atoms with Gasteiger partial charge in [0.05, 0.1) is 17.7 Å². The van der Waals surface area contributed by atoms with Gasteiger partial charge in [-0.2, -0.15) is 28.4 Å². The fourth-order valence-corrected chi connectivity index (χ4v) is 2.41. The number of nitrogens with zero attached hydrogens (tertiary/aromatic N) is 4. The summed E-state index contributed by atoms with van der Waals surface area (Å²) in [6, 6.07) is 0.658. The van der Waals surface area contributed by atoms with Crippen molar-refractivity contribution in [2.24, 2.45) is 0 Å². The molecular formula is C16H10ClF6N5. The Balaban J connectivity index is 2.70. The van der Waals surface area contributed by atoms with Crippen LogP contribution in [0.15, 0.2) is 24.8 Å². The van der Waals surface area contributed by atoms with Gasteiger partial charge >= 0.3 is 6.18 Å². The molecule has 12 heteroatoms. The Morgan fingerprint density at radius 2 is 1.79 bits per heavy atom. The Bertz CT molecular complexity index is 917. The zero-order chi connectivity index (χ0) is 21.1. The number of rotatable bonds is 6. The van der Waals surface area contributed by atoms with Crippen LogP contribution in [0.4, 0.5) is 38.1 Å². The molecule has 2 aromatic rings. The minimum absolute atomic E-state index is 0.107. The maximum absolute atomic E-state index is 14.2. The van der Waals surface area contributed by atoms with Gasteiger partial charge in [0.15, 0.2) is 6.19 Å². The van der Waals surface area contributed by atoms with Crippen molar-refractivity contribution < 1.29 is 26.3 Å². The number of halogens is 7. The summed E-state index contributed by atoms with van der Waals surface area (Å²) in [6.45, 7) is 1.68. The van der Waals surface area contributed by atoms with E-state index in [4.69, 9.17) is 16.9 Å². The highest BCUT2D eigenvalue weighted by Gasteiger charge is 2.30. The Morgan fingerprint density at radius 1 is 1.18 bits per heavy atom. The van der Waals surface area contributed by atoms with Crippen LogP contribution in [0.25, 0.3) is 11.1 Å². The molecule has 28 heavy (non-hydrogen) atoms. The number of nitriles is 1. The molecule has 0 aliphatic heterocycles.